The largest absolute Gasteiger partial charge is 0.465 e. The van der Waals surface area contributed by atoms with Crippen LogP contribution in [0.4, 0.5) is 0 Å². The summed E-state index contributed by atoms with van der Waals surface area (Å²) in [4.78, 5) is 104. The number of methoxy groups -OCH3 is 4. The van der Waals surface area contributed by atoms with E-state index in [1.807, 2.05) is 0 Å². The summed E-state index contributed by atoms with van der Waals surface area (Å²) in [6.45, 7) is -0.0559. The highest BCUT2D eigenvalue weighted by atomic mass is 16.6. The lowest BCUT2D eigenvalue weighted by molar-refractivity contribution is -0.0577. The highest BCUT2D eigenvalue weighted by Crippen LogP contribution is 2.28. The van der Waals surface area contributed by atoms with Crippen LogP contribution in [0, 0.1) is 11.3 Å². The molecule has 1 atom stereocenters. The van der Waals surface area contributed by atoms with E-state index in [-0.39, 0.29) is 70.6 Å². The number of esters is 7. The van der Waals surface area contributed by atoms with E-state index < -0.39 is 78.7 Å². The Labute approximate surface area is 357 Å². The predicted octanol–water partition coefficient (Wildman–Crippen LogP) is 6.01. The van der Waals surface area contributed by atoms with E-state index in [0.29, 0.717) is 0 Å². The molecule has 326 valence electrons. The smallest absolute Gasteiger partial charge is 0.339 e. The van der Waals surface area contributed by atoms with Crippen molar-refractivity contribution in [2.45, 2.75) is 19.8 Å². The fourth-order valence-electron chi connectivity index (χ4n) is 6.14. The highest BCUT2D eigenvalue weighted by Gasteiger charge is 2.35. The second kappa shape index (κ2) is 23.0. The van der Waals surface area contributed by atoms with E-state index in [4.69, 9.17) is 37.9 Å². The summed E-state index contributed by atoms with van der Waals surface area (Å²) < 4.78 is 42.6. The van der Waals surface area contributed by atoms with Crippen molar-refractivity contribution < 1.29 is 76.3 Å². The summed E-state index contributed by atoms with van der Waals surface area (Å²) >= 11 is 0. The average molecular weight is 855 g/mol. The van der Waals surface area contributed by atoms with Gasteiger partial charge < -0.3 is 37.9 Å². The Morgan fingerprint density at radius 2 is 0.726 bits per heavy atom. The minimum atomic E-state index is -1.28. The van der Waals surface area contributed by atoms with Gasteiger partial charge in [0, 0.05) is 17.9 Å². The lowest BCUT2D eigenvalue weighted by atomic mass is 9.87. The Hall–Kier alpha value is -7.20. The first kappa shape index (κ1) is 47.5. The number of benzene rings is 4. The molecular weight excluding hydrogens is 808 g/mol. The maximum absolute atomic E-state index is 13.8. The number of ether oxygens (including phenoxy) is 8. The van der Waals surface area contributed by atoms with Gasteiger partial charge >= 0.3 is 41.8 Å². The molecule has 0 fully saturated rings. The maximum atomic E-state index is 13.8. The summed E-state index contributed by atoms with van der Waals surface area (Å²) in [5.74, 6) is -7.12. The van der Waals surface area contributed by atoms with E-state index in [9.17, 15) is 38.4 Å². The maximum Gasteiger partial charge on any atom is 0.339 e. The first-order chi connectivity index (χ1) is 29.8. The van der Waals surface area contributed by atoms with Gasteiger partial charge in [0.25, 0.3) is 0 Å². The molecule has 0 saturated heterocycles. The molecule has 0 heterocycles. The Morgan fingerprint density at radius 1 is 0.419 bits per heavy atom. The topological polar surface area (TPSA) is 210 Å². The van der Waals surface area contributed by atoms with Crippen molar-refractivity contribution in [3.05, 3.63) is 142 Å². The number of hydrogen-bond acceptors (Lipinski definition) is 16. The van der Waals surface area contributed by atoms with Gasteiger partial charge in [0.15, 0.2) is 5.78 Å². The first-order valence-electron chi connectivity index (χ1n) is 19.1. The molecule has 0 aliphatic heterocycles. The van der Waals surface area contributed by atoms with Crippen LogP contribution in [-0.4, -0.2) is 109 Å². The van der Waals surface area contributed by atoms with E-state index in [2.05, 4.69) is 0 Å². The fraction of sp³-hybridized carbons (Fsp3) is 0.304. The zero-order valence-electron chi connectivity index (χ0n) is 34.8. The van der Waals surface area contributed by atoms with Crippen molar-refractivity contribution in [2.24, 2.45) is 11.3 Å². The Morgan fingerprint density at radius 3 is 1.06 bits per heavy atom. The molecular formula is C46H46O16. The molecule has 4 aromatic carbocycles. The number of rotatable bonds is 21. The SMILES string of the molecule is CCC(COCC(COC(=O)c1ccccc1C(=O)OC)CC(=O)c1ccccc1C(=O)OC)(COC(=O)c1ccccc1C(=O)OC)COC(=O)c1ccccc1C(=O)OC. The van der Waals surface area contributed by atoms with Gasteiger partial charge in [0.2, 0.25) is 0 Å². The van der Waals surface area contributed by atoms with Gasteiger partial charge in [-0.3, -0.25) is 4.79 Å². The molecule has 16 heteroatoms. The second-order valence-electron chi connectivity index (χ2n) is 13.8. The third-order valence-corrected chi connectivity index (χ3v) is 9.74. The first-order valence-corrected chi connectivity index (χ1v) is 19.1. The van der Waals surface area contributed by atoms with Crippen LogP contribution >= 0.6 is 0 Å². The van der Waals surface area contributed by atoms with Gasteiger partial charge in [0.1, 0.15) is 13.2 Å². The number of carbonyl (C=O) groups excluding carboxylic acids is 8. The monoisotopic (exact) mass is 854 g/mol. The van der Waals surface area contributed by atoms with Gasteiger partial charge in [-0.05, 0) is 48.9 Å². The molecule has 16 nitrogen and oxygen atoms in total. The van der Waals surface area contributed by atoms with Crippen molar-refractivity contribution in [3.63, 3.8) is 0 Å². The molecule has 0 bridgehead atoms. The van der Waals surface area contributed by atoms with E-state index in [1.165, 1.54) is 73.8 Å². The summed E-state index contributed by atoms with van der Waals surface area (Å²) in [5.41, 5.74) is -1.62. The molecule has 4 aromatic rings. The van der Waals surface area contributed by atoms with Gasteiger partial charge in [-0.25, -0.2) is 33.6 Å². The third kappa shape index (κ3) is 12.2. The molecule has 1 unspecified atom stereocenters. The van der Waals surface area contributed by atoms with Crippen LogP contribution in [0.2, 0.25) is 0 Å². The van der Waals surface area contributed by atoms with Crippen LogP contribution < -0.4 is 0 Å². The molecule has 4 rings (SSSR count). The standard InChI is InChI=1S/C46H46O16/c1-6-46(27-61-44(53)36-21-13-10-18-33(36)41(50)57-4,28-62-45(54)37-22-14-11-19-34(37)42(51)58-5)26-59-24-29(23-38(47)30-15-7-8-16-31(30)39(48)55-2)25-60-43(52)35-20-12-9-17-32(35)40(49)56-3/h7-22,29H,6,23-28H2,1-5H3. The Bertz CT molecular complexity index is 2200. The number of ketones is 1. The van der Waals surface area contributed by atoms with Gasteiger partial charge in [-0.15, -0.1) is 0 Å². The number of Topliss-reactive ketones (excluding diaryl/α,β-unsaturated/α-hetero) is 1. The minimum Gasteiger partial charge on any atom is -0.465 e. The predicted molar refractivity (Wildman–Crippen MR) is 218 cm³/mol. The van der Waals surface area contributed by atoms with E-state index in [1.54, 1.807) is 37.3 Å². The van der Waals surface area contributed by atoms with Crippen molar-refractivity contribution in [1.82, 2.24) is 0 Å². The molecule has 62 heavy (non-hydrogen) atoms. The lowest BCUT2D eigenvalue weighted by Crippen LogP contribution is -2.39. The van der Waals surface area contributed by atoms with Crippen molar-refractivity contribution in [1.29, 1.82) is 0 Å². The van der Waals surface area contributed by atoms with Crippen molar-refractivity contribution in [2.75, 3.05) is 61.5 Å². The van der Waals surface area contributed by atoms with Gasteiger partial charge in [-0.2, -0.15) is 0 Å². The molecule has 0 amide bonds. The van der Waals surface area contributed by atoms with E-state index >= 15 is 0 Å². The molecule has 0 aliphatic rings. The van der Waals surface area contributed by atoms with Crippen LogP contribution in [0.25, 0.3) is 0 Å². The number of carbonyl (C=O) groups is 8. The van der Waals surface area contributed by atoms with Crippen molar-refractivity contribution in [3.8, 4) is 0 Å². The van der Waals surface area contributed by atoms with Crippen molar-refractivity contribution >= 4 is 47.6 Å². The zero-order valence-corrected chi connectivity index (χ0v) is 34.8. The van der Waals surface area contributed by atoms with Gasteiger partial charge in [-0.1, -0.05) is 61.5 Å². The average Bonchev–Trinajstić information content (AvgIpc) is 3.32. The molecule has 0 saturated carbocycles. The number of hydrogen-bond donors (Lipinski definition) is 0. The minimum absolute atomic E-state index is 0.0137. The molecule has 0 radical (unpaired) electrons. The van der Waals surface area contributed by atoms with Crippen LogP contribution in [0.1, 0.15) is 103 Å². The summed E-state index contributed by atoms with van der Waals surface area (Å²) in [7, 11) is 4.67. The summed E-state index contributed by atoms with van der Waals surface area (Å²) in [6.07, 6.45) is -0.141. The molecule has 0 aromatic heterocycles. The summed E-state index contributed by atoms with van der Waals surface area (Å²) in [6, 6.07) is 23.6. The zero-order chi connectivity index (χ0) is 45.2. The lowest BCUT2D eigenvalue weighted by Gasteiger charge is -2.32. The quantitative estimate of drug-likeness (QED) is 0.0534. The fourth-order valence-corrected chi connectivity index (χ4v) is 6.14. The molecule has 0 N–H and O–H groups in total. The normalized spacial score (nSPS) is 11.3. The Kier molecular flexibility index (Phi) is 17.6. The van der Waals surface area contributed by atoms with Crippen LogP contribution in [0.3, 0.4) is 0 Å². The van der Waals surface area contributed by atoms with Crippen LogP contribution in [-0.2, 0) is 37.9 Å². The Balaban J connectivity index is 1.63. The summed E-state index contributed by atoms with van der Waals surface area (Å²) in [5, 5.41) is 0. The molecule has 0 spiro atoms. The highest BCUT2D eigenvalue weighted by molar-refractivity contribution is 6.07. The van der Waals surface area contributed by atoms with Gasteiger partial charge in [0.05, 0.1) is 92.6 Å². The second-order valence-corrected chi connectivity index (χ2v) is 13.8. The third-order valence-electron chi connectivity index (χ3n) is 9.74. The van der Waals surface area contributed by atoms with Crippen LogP contribution in [0.15, 0.2) is 97.1 Å². The molecule has 0 aliphatic carbocycles. The van der Waals surface area contributed by atoms with E-state index in [0.717, 1.165) is 21.3 Å². The van der Waals surface area contributed by atoms with Crippen LogP contribution in [0.5, 0.6) is 0 Å².